The van der Waals surface area contributed by atoms with Gasteiger partial charge in [-0.25, -0.2) is 0 Å². The number of rotatable bonds is 0. The summed E-state index contributed by atoms with van der Waals surface area (Å²) in [7, 11) is -5.84. The number of hydrogen-bond donors (Lipinski definition) is 1. The van der Waals surface area contributed by atoms with Crippen LogP contribution in [0, 0.1) is 0 Å². The average Bonchev–Trinajstić information content (AvgIpc) is 1.25. The predicted molar refractivity (Wildman–Crippen MR) is 23.4 cm³/mol. The van der Waals surface area contributed by atoms with E-state index in [1.54, 1.807) is 0 Å². The van der Waals surface area contributed by atoms with Gasteiger partial charge < -0.3 is 0 Å². The SMILES string of the molecule is O=S(=O)(O)C(F)(F)F.[Sr]. The van der Waals surface area contributed by atoms with E-state index in [4.69, 9.17) is 13.0 Å². The van der Waals surface area contributed by atoms with Gasteiger partial charge in [-0.15, -0.1) is 0 Å². The molecule has 0 aliphatic heterocycles. The van der Waals surface area contributed by atoms with Gasteiger partial charge in [0.1, 0.15) is 0 Å². The maximum atomic E-state index is 10.7. The van der Waals surface area contributed by atoms with Crippen LogP contribution < -0.4 is 0 Å². The van der Waals surface area contributed by atoms with Gasteiger partial charge in [-0.2, -0.15) is 21.6 Å². The Morgan fingerprint density at radius 2 is 1.33 bits per heavy atom. The van der Waals surface area contributed by atoms with E-state index in [-0.39, 0.29) is 45.5 Å². The molecule has 0 amide bonds. The van der Waals surface area contributed by atoms with Crippen molar-refractivity contribution in [2.24, 2.45) is 0 Å². The van der Waals surface area contributed by atoms with Crippen molar-refractivity contribution in [2.75, 3.05) is 0 Å². The van der Waals surface area contributed by atoms with E-state index in [9.17, 15) is 13.2 Å². The van der Waals surface area contributed by atoms with E-state index < -0.39 is 15.6 Å². The van der Waals surface area contributed by atoms with Crippen molar-refractivity contribution in [3.05, 3.63) is 0 Å². The fraction of sp³-hybridized carbons (Fsp3) is 1.00. The fourth-order valence-electron chi connectivity index (χ4n) is 0. The summed E-state index contributed by atoms with van der Waals surface area (Å²) in [5.74, 6) is 0. The van der Waals surface area contributed by atoms with Crippen LogP contribution in [0.1, 0.15) is 0 Å². The normalized spacial score (nSPS) is 12.4. The summed E-state index contributed by atoms with van der Waals surface area (Å²) in [5, 5.41) is 0. The molecule has 0 rings (SSSR count). The first-order valence-electron chi connectivity index (χ1n) is 1.29. The van der Waals surface area contributed by atoms with Gasteiger partial charge in [0.25, 0.3) is 0 Å². The Hall–Kier alpha value is 1.18. The van der Waals surface area contributed by atoms with E-state index in [2.05, 4.69) is 0 Å². The molecule has 3 nitrogen and oxygen atoms in total. The minimum absolute atomic E-state index is 0. The molecule has 0 spiro atoms. The molecule has 8 heteroatoms. The largest absolute Gasteiger partial charge is 0.522 e. The van der Waals surface area contributed by atoms with Crippen LogP contribution in [0.2, 0.25) is 0 Å². The van der Waals surface area contributed by atoms with Gasteiger partial charge in [0, 0.05) is 45.5 Å². The maximum Gasteiger partial charge on any atom is 0.522 e. The Balaban J connectivity index is 0. The third-order valence-corrected chi connectivity index (χ3v) is 0.877. The van der Waals surface area contributed by atoms with Gasteiger partial charge in [-0.05, 0) is 0 Å². The topological polar surface area (TPSA) is 54.4 Å². The van der Waals surface area contributed by atoms with Crippen LogP contribution in [0.15, 0.2) is 0 Å². The molecule has 0 aliphatic carbocycles. The summed E-state index contributed by atoms with van der Waals surface area (Å²) in [6.45, 7) is 0. The number of alkyl halides is 3. The van der Waals surface area contributed by atoms with Crippen molar-refractivity contribution in [2.45, 2.75) is 5.51 Å². The van der Waals surface area contributed by atoms with E-state index in [0.717, 1.165) is 0 Å². The molecule has 1 N–H and O–H groups in total. The predicted octanol–water partition coefficient (Wildman–Crippen LogP) is 0.0132. The molecule has 0 saturated heterocycles. The molecule has 9 heavy (non-hydrogen) atoms. The zero-order chi connectivity index (χ0) is 7.00. The van der Waals surface area contributed by atoms with E-state index in [1.165, 1.54) is 0 Å². The molecule has 0 bridgehead atoms. The Labute approximate surface area is 86.3 Å². The second kappa shape index (κ2) is 3.54. The molecule has 52 valence electrons. The molecule has 0 atom stereocenters. The van der Waals surface area contributed by atoms with Crippen LogP contribution in [0.25, 0.3) is 0 Å². The summed E-state index contributed by atoms with van der Waals surface area (Å²) in [4.78, 5) is 0. The van der Waals surface area contributed by atoms with Crippen molar-refractivity contribution >= 4 is 55.6 Å². The zero-order valence-corrected chi connectivity index (χ0v) is 8.31. The first kappa shape index (κ1) is 12.8. The second-order valence-electron chi connectivity index (χ2n) is 0.921. The molecular formula is CHF3O3SSr. The summed E-state index contributed by atoms with van der Waals surface area (Å²) >= 11 is 0. The Morgan fingerprint density at radius 3 is 1.33 bits per heavy atom. The Morgan fingerprint density at radius 1 is 1.22 bits per heavy atom. The average molecular weight is 238 g/mol. The monoisotopic (exact) mass is 238 g/mol. The third kappa shape index (κ3) is 4.57. The standard InChI is InChI=1S/CHF3O3S.Sr/c2-1(3,4)8(5,6)7;/h(H,5,6,7);. The van der Waals surface area contributed by atoms with Crippen molar-refractivity contribution in [3.63, 3.8) is 0 Å². The van der Waals surface area contributed by atoms with Crippen LogP contribution >= 0.6 is 0 Å². The third-order valence-electron chi connectivity index (χ3n) is 0.292. The molecule has 0 unspecified atom stereocenters. The van der Waals surface area contributed by atoms with Crippen molar-refractivity contribution in [1.29, 1.82) is 0 Å². The Bertz CT molecular complexity index is 168. The minimum Gasteiger partial charge on any atom is -0.279 e. The summed E-state index contributed by atoms with van der Waals surface area (Å²) in [6.07, 6.45) is 0. The van der Waals surface area contributed by atoms with Crippen LogP contribution in [-0.4, -0.2) is 64.0 Å². The first-order chi connectivity index (χ1) is 3.25. The van der Waals surface area contributed by atoms with E-state index >= 15 is 0 Å². The van der Waals surface area contributed by atoms with Gasteiger partial charge in [-0.3, -0.25) is 4.55 Å². The molecule has 0 aromatic heterocycles. The van der Waals surface area contributed by atoms with Crippen molar-refractivity contribution in [3.8, 4) is 0 Å². The van der Waals surface area contributed by atoms with Gasteiger partial charge >= 0.3 is 15.6 Å². The van der Waals surface area contributed by atoms with Crippen LogP contribution in [0.3, 0.4) is 0 Å². The minimum atomic E-state index is -5.84. The van der Waals surface area contributed by atoms with Crippen molar-refractivity contribution < 1.29 is 26.1 Å². The number of hydrogen-bond acceptors (Lipinski definition) is 2. The second-order valence-corrected chi connectivity index (χ2v) is 2.33. The van der Waals surface area contributed by atoms with Crippen LogP contribution in [0.4, 0.5) is 13.2 Å². The van der Waals surface area contributed by atoms with Gasteiger partial charge in [0.2, 0.25) is 0 Å². The first-order valence-corrected chi connectivity index (χ1v) is 2.73. The van der Waals surface area contributed by atoms with Crippen molar-refractivity contribution in [1.82, 2.24) is 0 Å². The van der Waals surface area contributed by atoms with Gasteiger partial charge in [0.05, 0.1) is 0 Å². The Kier molecular flexibility index (Phi) is 5.04. The van der Waals surface area contributed by atoms with E-state index in [1.807, 2.05) is 0 Å². The van der Waals surface area contributed by atoms with Crippen LogP contribution in [0.5, 0.6) is 0 Å². The quantitative estimate of drug-likeness (QED) is 0.367. The maximum absolute atomic E-state index is 10.7. The zero-order valence-electron chi connectivity index (χ0n) is 4.01. The molecule has 0 aromatic rings. The molecule has 0 fully saturated rings. The summed E-state index contributed by atoms with van der Waals surface area (Å²) < 4.78 is 57.5. The van der Waals surface area contributed by atoms with Gasteiger partial charge in [0.15, 0.2) is 0 Å². The smallest absolute Gasteiger partial charge is 0.279 e. The van der Waals surface area contributed by atoms with Crippen LogP contribution in [-0.2, 0) is 10.1 Å². The molecule has 0 aromatic carbocycles. The summed E-state index contributed by atoms with van der Waals surface area (Å²) in [6, 6.07) is 0. The summed E-state index contributed by atoms with van der Waals surface area (Å²) in [5.41, 5.74) is -5.53. The van der Waals surface area contributed by atoms with E-state index in [0.29, 0.717) is 0 Å². The number of halogens is 3. The van der Waals surface area contributed by atoms with Gasteiger partial charge in [-0.1, -0.05) is 0 Å². The molecule has 0 heterocycles. The molecule has 0 aliphatic rings. The fourth-order valence-corrected chi connectivity index (χ4v) is 0. The molecule has 0 saturated carbocycles. The molecular weight excluding hydrogens is 237 g/mol. The molecule has 2 radical (unpaired) electrons.